The second kappa shape index (κ2) is 7.19. The maximum atomic E-state index is 12.0. The van der Waals surface area contributed by atoms with Crippen molar-refractivity contribution in [3.8, 4) is 11.9 Å². The van der Waals surface area contributed by atoms with Gasteiger partial charge in [0.2, 0.25) is 5.88 Å². The van der Waals surface area contributed by atoms with E-state index in [2.05, 4.69) is 15.0 Å². The van der Waals surface area contributed by atoms with Crippen LogP contribution in [0.15, 0.2) is 36.5 Å². The average Bonchev–Trinajstić information content (AvgIpc) is 2.54. The number of alkyl halides is 3. The van der Waals surface area contributed by atoms with E-state index >= 15 is 0 Å². The van der Waals surface area contributed by atoms with Crippen molar-refractivity contribution in [2.24, 2.45) is 0 Å². The van der Waals surface area contributed by atoms with Crippen LogP contribution in [0.25, 0.3) is 0 Å². The number of pyridine rings is 1. The number of anilines is 1. The van der Waals surface area contributed by atoms with Gasteiger partial charge in [0, 0.05) is 18.0 Å². The minimum Gasteiger partial charge on any atom is -0.468 e. The number of ether oxygens (including phenoxy) is 1. The third-order valence-electron chi connectivity index (χ3n) is 2.73. The summed E-state index contributed by atoms with van der Waals surface area (Å²) in [6.45, 7) is -1.47. The second-order valence-corrected chi connectivity index (χ2v) is 4.96. The number of carbonyl (C=O) groups excluding carboxylic acids is 1. The highest BCUT2D eigenvalue weighted by molar-refractivity contribution is 6.31. The Labute approximate surface area is 139 Å². The molecule has 2 aromatic rings. The number of amides is 1. The summed E-state index contributed by atoms with van der Waals surface area (Å²) in [5.41, 5.74) is 0.657. The third kappa shape index (κ3) is 4.86. The molecule has 0 aliphatic rings. The zero-order valence-electron chi connectivity index (χ0n) is 11.9. The molecule has 0 atom stereocenters. The SMILES string of the molecule is N#Cc1cc(NC(=O)c2ccc(OCC(F)(F)F)nc2)ccc1Cl. The molecule has 0 radical (unpaired) electrons. The lowest BCUT2D eigenvalue weighted by Gasteiger charge is -2.09. The molecule has 1 aromatic heterocycles. The standard InChI is InChI=1S/C15H9ClF3N3O2/c16-12-3-2-11(5-10(12)6-20)22-14(23)9-1-4-13(21-7-9)24-8-15(17,18)19/h1-5,7H,8H2,(H,22,23). The van der Waals surface area contributed by atoms with Crippen LogP contribution in [0.4, 0.5) is 18.9 Å². The highest BCUT2D eigenvalue weighted by Gasteiger charge is 2.28. The predicted molar refractivity (Wildman–Crippen MR) is 79.9 cm³/mol. The van der Waals surface area contributed by atoms with Gasteiger partial charge in [-0.2, -0.15) is 18.4 Å². The molecule has 0 unspecified atom stereocenters. The molecule has 0 saturated carbocycles. The lowest BCUT2D eigenvalue weighted by atomic mass is 10.2. The number of hydrogen-bond donors (Lipinski definition) is 1. The maximum Gasteiger partial charge on any atom is 0.422 e. The second-order valence-electron chi connectivity index (χ2n) is 4.55. The zero-order chi connectivity index (χ0) is 17.7. The summed E-state index contributed by atoms with van der Waals surface area (Å²) in [4.78, 5) is 15.7. The van der Waals surface area contributed by atoms with Crippen molar-refractivity contribution < 1.29 is 22.7 Å². The zero-order valence-corrected chi connectivity index (χ0v) is 12.6. The highest BCUT2D eigenvalue weighted by Crippen LogP contribution is 2.21. The first kappa shape index (κ1) is 17.6. The Morgan fingerprint density at radius 2 is 2.08 bits per heavy atom. The minimum atomic E-state index is -4.47. The summed E-state index contributed by atoms with van der Waals surface area (Å²) < 4.78 is 40.5. The Kier molecular flexibility index (Phi) is 5.26. The molecule has 0 aliphatic heterocycles. The molecule has 2 rings (SSSR count). The number of nitrogens with zero attached hydrogens (tertiary/aromatic N) is 2. The van der Waals surface area contributed by atoms with E-state index in [0.717, 1.165) is 12.3 Å². The Balaban J connectivity index is 2.04. The van der Waals surface area contributed by atoms with Gasteiger partial charge in [-0.15, -0.1) is 0 Å². The molecule has 1 heterocycles. The fraction of sp³-hybridized carbons (Fsp3) is 0.133. The molecule has 1 amide bonds. The average molecular weight is 356 g/mol. The lowest BCUT2D eigenvalue weighted by Crippen LogP contribution is -2.19. The van der Waals surface area contributed by atoms with Crippen molar-refractivity contribution in [3.63, 3.8) is 0 Å². The summed E-state index contributed by atoms with van der Waals surface area (Å²) in [5, 5.41) is 11.7. The molecule has 24 heavy (non-hydrogen) atoms. The number of nitrogens with one attached hydrogen (secondary N) is 1. The Bertz CT molecular complexity index is 786. The van der Waals surface area contributed by atoms with E-state index in [1.165, 1.54) is 24.3 Å². The molecular weight excluding hydrogens is 347 g/mol. The van der Waals surface area contributed by atoms with E-state index < -0.39 is 18.7 Å². The summed E-state index contributed by atoms with van der Waals surface area (Å²) in [6.07, 6.45) is -3.38. The maximum absolute atomic E-state index is 12.0. The molecule has 0 spiro atoms. The van der Waals surface area contributed by atoms with Gasteiger partial charge in [-0.3, -0.25) is 4.79 Å². The van der Waals surface area contributed by atoms with Gasteiger partial charge in [0.05, 0.1) is 16.1 Å². The molecule has 124 valence electrons. The fourth-order valence-corrected chi connectivity index (χ4v) is 1.81. The fourth-order valence-electron chi connectivity index (χ4n) is 1.65. The highest BCUT2D eigenvalue weighted by atomic mass is 35.5. The van der Waals surface area contributed by atoms with Crippen molar-refractivity contribution in [1.82, 2.24) is 4.98 Å². The van der Waals surface area contributed by atoms with Crippen molar-refractivity contribution in [2.75, 3.05) is 11.9 Å². The summed E-state index contributed by atoms with van der Waals surface area (Å²) in [5.74, 6) is -0.793. The molecule has 1 N–H and O–H groups in total. The van der Waals surface area contributed by atoms with Crippen LogP contribution >= 0.6 is 11.6 Å². The Morgan fingerprint density at radius 3 is 2.67 bits per heavy atom. The van der Waals surface area contributed by atoms with Crippen LogP contribution in [0.5, 0.6) is 5.88 Å². The lowest BCUT2D eigenvalue weighted by molar-refractivity contribution is -0.154. The predicted octanol–water partition coefficient (Wildman–Crippen LogP) is 3.80. The Morgan fingerprint density at radius 1 is 1.33 bits per heavy atom. The molecule has 0 bridgehead atoms. The van der Waals surface area contributed by atoms with E-state index in [1.54, 1.807) is 0 Å². The number of rotatable bonds is 4. The van der Waals surface area contributed by atoms with Crippen LogP contribution < -0.4 is 10.1 Å². The van der Waals surface area contributed by atoms with E-state index in [1.807, 2.05) is 6.07 Å². The monoisotopic (exact) mass is 355 g/mol. The first-order valence-corrected chi connectivity index (χ1v) is 6.83. The van der Waals surface area contributed by atoms with Crippen molar-refractivity contribution >= 4 is 23.2 Å². The van der Waals surface area contributed by atoms with Crippen LogP contribution in [0.1, 0.15) is 15.9 Å². The van der Waals surface area contributed by atoms with Crippen LogP contribution in [0.2, 0.25) is 5.02 Å². The normalized spacial score (nSPS) is 10.8. The van der Waals surface area contributed by atoms with Gasteiger partial charge in [0.1, 0.15) is 6.07 Å². The number of hydrogen-bond acceptors (Lipinski definition) is 4. The van der Waals surface area contributed by atoms with E-state index in [0.29, 0.717) is 5.69 Å². The summed E-state index contributed by atoms with van der Waals surface area (Å²) >= 11 is 5.79. The van der Waals surface area contributed by atoms with Gasteiger partial charge >= 0.3 is 6.18 Å². The number of aromatic nitrogens is 1. The first-order valence-electron chi connectivity index (χ1n) is 6.45. The smallest absolute Gasteiger partial charge is 0.422 e. The molecular formula is C15H9ClF3N3O2. The number of benzene rings is 1. The van der Waals surface area contributed by atoms with E-state index in [4.69, 9.17) is 16.9 Å². The van der Waals surface area contributed by atoms with Gasteiger partial charge in [-0.25, -0.2) is 4.98 Å². The molecule has 9 heteroatoms. The van der Waals surface area contributed by atoms with Crippen LogP contribution in [-0.4, -0.2) is 23.7 Å². The number of carbonyl (C=O) groups is 1. The molecule has 1 aromatic carbocycles. The first-order chi connectivity index (χ1) is 11.3. The van der Waals surface area contributed by atoms with Crippen LogP contribution in [0.3, 0.4) is 0 Å². The number of nitriles is 1. The van der Waals surface area contributed by atoms with Crippen molar-refractivity contribution in [3.05, 3.63) is 52.7 Å². The van der Waals surface area contributed by atoms with E-state index in [-0.39, 0.29) is 22.0 Å². The van der Waals surface area contributed by atoms with Gasteiger partial charge in [0.25, 0.3) is 5.91 Å². The summed E-state index contributed by atoms with van der Waals surface area (Å²) in [7, 11) is 0. The molecule has 0 aliphatic carbocycles. The van der Waals surface area contributed by atoms with Gasteiger partial charge in [0.15, 0.2) is 6.61 Å². The Hall–Kier alpha value is -2.79. The number of halogens is 4. The van der Waals surface area contributed by atoms with Gasteiger partial charge < -0.3 is 10.1 Å². The quantitative estimate of drug-likeness (QED) is 0.905. The van der Waals surface area contributed by atoms with Crippen molar-refractivity contribution in [2.45, 2.75) is 6.18 Å². The molecule has 5 nitrogen and oxygen atoms in total. The van der Waals surface area contributed by atoms with Crippen molar-refractivity contribution in [1.29, 1.82) is 5.26 Å². The van der Waals surface area contributed by atoms with Gasteiger partial charge in [-0.1, -0.05) is 11.6 Å². The van der Waals surface area contributed by atoms with E-state index in [9.17, 15) is 18.0 Å². The largest absolute Gasteiger partial charge is 0.468 e. The minimum absolute atomic E-state index is 0.114. The van der Waals surface area contributed by atoms with Gasteiger partial charge in [-0.05, 0) is 24.3 Å². The topological polar surface area (TPSA) is 75.0 Å². The summed E-state index contributed by atoms with van der Waals surface area (Å²) in [6, 6.07) is 8.67. The van der Waals surface area contributed by atoms with Crippen LogP contribution in [0, 0.1) is 11.3 Å². The third-order valence-corrected chi connectivity index (χ3v) is 3.06. The van der Waals surface area contributed by atoms with Crippen LogP contribution in [-0.2, 0) is 0 Å². The molecule has 0 saturated heterocycles. The molecule has 0 fully saturated rings.